The summed E-state index contributed by atoms with van der Waals surface area (Å²) in [6.07, 6.45) is 5.62. The van der Waals surface area contributed by atoms with Gasteiger partial charge in [0.05, 0.1) is 11.6 Å². The molecular weight excluding hydrogens is 494 g/mol. The summed E-state index contributed by atoms with van der Waals surface area (Å²) in [7, 11) is 0. The van der Waals surface area contributed by atoms with Gasteiger partial charge in [-0.25, -0.2) is 9.91 Å². The highest BCUT2D eigenvalue weighted by atomic mass is 79.9. The molecule has 2 aromatic carbocycles. The van der Waals surface area contributed by atoms with Crippen molar-refractivity contribution in [2.45, 2.75) is 51.1 Å². The number of amides is 3. The van der Waals surface area contributed by atoms with Crippen molar-refractivity contribution in [3.05, 3.63) is 64.1 Å². The first-order valence-corrected chi connectivity index (χ1v) is 13.0. The maximum Gasteiger partial charge on any atom is 0.268 e. The molecule has 0 N–H and O–H groups in total. The Bertz CT molecular complexity index is 1150. The summed E-state index contributed by atoms with van der Waals surface area (Å²) in [6, 6.07) is 13.8. The Hall–Kier alpha value is -2.51. The van der Waals surface area contributed by atoms with Gasteiger partial charge in [0.15, 0.2) is 0 Å². The van der Waals surface area contributed by atoms with Crippen LogP contribution in [0.5, 0.6) is 0 Å². The van der Waals surface area contributed by atoms with E-state index >= 15 is 0 Å². The number of hydrogen-bond donors (Lipinski definition) is 0. The molecule has 0 radical (unpaired) electrons. The van der Waals surface area contributed by atoms with Crippen LogP contribution in [-0.2, 0) is 9.59 Å². The maximum atomic E-state index is 13.9. The molecule has 3 heterocycles. The van der Waals surface area contributed by atoms with Crippen LogP contribution in [0.15, 0.2) is 53.0 Å². The number of nitrogens with zero attached hydrogens (tertiary/aromatic N) is 3. The third-order valence-electron chi connectivity index (χ3n) is 8.30. The van der Waals surface area contributed by atoms with Crippen LogP contribution >= 0.6 is 15.9 Å². The first-order chi connectivity index (χ1) is 16.5. The Morgan fingerprint density at radius 1 is 0.912 bits per heavy atom. The highest BCUT2D eigenvalue weighted by molar-refractivity contribution is 9.10. The highest BCUT2D eigenvalue weighted by Crippen LogP contribution is 2.51. The number of fused-ring (bicyclic) bond motifs is 5. The molecule has 1 aliphatic carbocycles. The second-order valence-electron chi connectivity index (χ2n) is 10.1. The van der Waals surface area contributed by atoms with Crippen LogP contribution < -0.4 is 4.90 Å². The van der Waals surface area contributed by atoms with Crippen LogP contribution in [0, 0.1) is 24.7 Å². The van der Waals surface area contributed by atoms with Crippen LogP contribution in [0.1, 0.15) is 48.0 Å². The zero-order valence-electron chi connectivity index (χ0n) is 19.2. The van der Waals surface area contributed by atoms with E-state index < -0.39 is 12.0 Å². The van der Waals surface area contributed by atoms with Crippen LogP contribution in [0.4, 0.5) is 5.69 Å². The average molecular weight is 522 g/mol. The highest BCUT2D eigenvalue weighted by Gasteiger charge is 2.66. The fourth-order valence-corrected chi connectivity index (χ4v) is 7.02. The average Bonchev–Trinajstić information content (AvgIpc) is 3.32. The monoisotopic (exact) mass is 521 g/mol. The maximum absolute atomic E-state index is 13.9. The molecule has 5 atom stereocenters. The van der Waals surface area contributed by atoms with Gasteiger partial charge in [-0.1, -0.05) is 52.9 Å². The Morgan fingerprint density at radius 2 is 1.62 bits per heavy atom. The van der Waals surface area contributed by atoms with E-state index in [9.17, 15) is 14.4 Å². The topological polar surface area (TPSA) is 60.9 Å². The van der Waals surface area contributed by atoms with Crippen molar-refractivity contribution in [2.24, 2.45) is 17.8 Å². The van der Waals surface area contributed by atoms with E-state index in [4.69, 9.17) is 0 Å². The molecule has 6 rings (SSSR count). The second kappa shape index (κ2) is 8.31. The number of anilines is 1. The molecule has 3 amide bonds. The zero-order chi connectivity index (χ0) is 23.6. The number of carbonyl (C=O) groups is 3. The first-order valence-electron chi connectivity index (χ1n) is 12.3. The third-order valence-corrected chi connectivity index (χ3v) is 8.83. The SMILES string of the molecule is Cc1ccc(C(=O)N2[C@H]3C(=O)N(c4ccc(Br)cc4)C(=O)[C@H]3[C@@H]3C4CCCCC4CCN32)cc1. The molecule has 0 bridgehead atoms. The van der Waals surface area contributed by atoms with Gasteiger partial charge in [-0.2, -0.15) is 0 Å². The van der Waals surface area contributed by atoms with E-state index in [1.165, 1.54) is 17.7 Å². The molecule has 0 spiro atoms. The summed E-state index contributed by atoms with van der Waals surface area (Å²) < 4.78 is 0.884. The lowest BCUT2D eigenvalue weighted by Crippen LogP contribution is -2.57. The number of rotatable bonds is 2. The zero-order valence-corrected chi connectivity index (χ0v) is 20.8. The molecule has 7 heteroatoms. The molecule has 2 unspecified atom stereocenters. The van der Waals surface area contributed by atoms with E-state index in [1.807, 2.05) is 43.3 Å². The van der Waals surface area contributed by atoms with Crippen LogP contribution in [0.25, 0.3) is 0 Å². The van der Waals surface area contributed by atoms with Gasteiger partial charge >= 0.3 is 0 Å². The summed E-state index contributed by atoms with van der Waals surface area (Å²) in [5, 5.41) is 3.75. The Balaban J connectivity index is 1.43. The number of hydrazine groups is 1. The minimum Gasteiger partial charge on any atom is -0.274 e. The number of carbonyl (C=O) groups excluding carboxylic acids is 3. The lowest BCUT2D eigenvalue weighted by atomic mass is 9.68. The van der Waals surface area contributed by atoms with Crippen LogP contribution in [0.3, 0.4) is 0 Å². The van der Waals surface area contributed by atoms with Gasteiger partial charge < -0.3 is 0 Å². The molecule has 0 aromatic heterocycles. The molecule has 34 heavy (non-hydrogen) atoms. The number of benzene rings is 2. The molecule has 4 aliphatic rings. The van der Waals surface area contributed by atoms with Crippen molar-refractivity contribution in [2.75, 3.05) is 11.4 Å². The molecule has 4 fully saturated rings. The summed E-state index contributed by atoms with van der Waals surface area (Å²) >= 11 is 3.43. The van der Waals surface area contributed by atoms with E-state index in [0.717, 1.165) is 35.8 Å². The lowest BCUT2D eigenvalue weighted by molar-refractivity contribution is -0.129. The van der Waals surface area contributed by atoms with Crippen molar-refractivity contribution < 1.29 is 14.4 Å². The number of piperidine rings is 1. The Kier molecular flexibility index (Phi) is 5.37. The van der Waals surface area contributed by atoms with Crippen molar-refractivity contribution >= 4 is 39.3 Å². The first kappa shape index (κ1) is 22.0. The van der Waals surface area contributed by atoms with E-state index in [-0.39, 0.29) is 23.8 Å². The minimum absolute atomic E-state index is 0.102. The van der Waals surface area contributed by atoms with E-state index in [1.54, 1.807) is 17.1 Å². The quantitative estimate of drug-likeness (QED) is 0.543. The number of aryl methyl sites for hydroxylation is 1. The van der Waals surface area contributed by atoms with E-state index in [0.29, 0.717) is 23.1 Å². The molecular formula is C27H28BrN3O3. The second-order valence-corrected chi connectivity index (χ2v) is 11.0. The summed E-state index contributed by atoms with van der Waals surface area (Å²) in [5.74, 6) is -0.263. The van der Waals surface area contributed by atoms with Gasteiger partial charge in [-0.05, 0) is 68.0 Å². The molecule has 1 saturated carbocycles. The minimum atomic E-state index is -0.782. The smallest absolute Gasteiger partial charge is 0.268 e. The lowest BCUT2D eigenvalue weighted by Gasteiger charge is -2.47. The fourth-order valence-electron chi connectivity index (χ4n) is 6.76. The molecule has 176 valence electrons. The molecule has 3 saturated heterocycles. The fraction of sp³-hybridized carbons (Fsp3) is 0.444. The van der Waals surface area contributed by atoms with Gasteiger partial charge in [0, 0.05) is 22.6 Å². The van der Waals surface area contributed by atoms with E-state index in [2.05, 4.69) is 20.9 Å². The summed E-state index contributed by atoms with van der Waals surface area (Å²) in [4.78, 5) is 42.9. The van der Waals surface area contributed by atoms with Crippen LogP contribution in [-0.4, -0.2) is 46.4 Å². The van der Waals surface area contributed by atoms with Crippen molar-refractivity contribution in [1.29, 1.82) is 0 Å². The standard InChI is InChI=1S/C27H28BrN3O3/c1-16-6-8-18(9-7-16)25(32)31-24-22(23-21-5-3-2-4-17(21)14-15-29(23)31)26(33)30(27(24)34)20-12-10-19(28)11-13-20/h6-13,17,21-24H,2-5,14-15H2,1H3/t17?,21?,22-,23-,24+/m0/s1. The largest absolute Gasteiger partial charge is 0.274 e. The number of hydrogen-bond acceptors (Lipinski definition) is 4. The van der Waals surface area contributed by atoms with Crippen LogP contribution in [0.2, 0.25) is 0 Å². The van der Waals surface area contributed by atoms with Crippen molar-refractivity contribution in [3.8, 4) is 0 Å². The van der Waals surface area contributed by atoms with Gasteiger partial charge in [0.1, 0.15) is 6.04 Å². The van der Waals surface area contributed by atoms with Gasteiger partial charge in [-0.15, -0.1) is 0 Å². The summed E-state index contributed by atoms with van der Waals surface area (Å²) in [6.45, 7) is 2.70. The third kappa shape index (κ3) is 3.28. The predicted molar refractivity (Wildman–Crippen MR) is 132 cm³/mol. The van der Waals surface area contributed by atoms with Crippen molar-refractivity contribution in [1.82, 2.24) is 10.0 Å². The molecule has 6 nitrogen and oxygen atoms in total. The van der Waals surface area contributed by atoms with Gasteiger partial charge in [0.2, 0.25) is 5.91 Å². The molecule has 3 aliphatic heterocycles. The number of imide groups is 1. The van der Waals surface area contributed by atoms with Crippen molar-refractivity contribution in [3.63, 3.8) is 0 Å². The summed E-state index contributed by atoms with van der Waals surface area (Å²) in [5.41, 5.74) is 2.20. The Labute approximate surface area is 208 Å². The Morgan fingerprint density at radius 3 is 2.35 bits per heavy atom. The van der Waals surface area contributed by atoms with Gasteiger partial charge in [0.25, 0.3) is 11.8 Å². The van der Waals surface area contributed by atoms with Gasteiger partial charge in [-0.3, -0.25) is 19.4 Å². The molecule has 2 aromatic rings. The number of halogens is 1. The normalized spacial score (nSPS) is 30.8. The predicted octanol–water partition coefficient (Wildman–Crippen LogP) is 4.57.